The molecule has 0 amide bonds. The zero-order valence-electron chi connectivity index (χ0n) is 11.3. The summed E-state index contributed by atoms with van der Waals surface area (Å²) in [4.78, 5) is 13.9. The van der Waals surface area contributed by atoms with Crippen molar-refractivity contribution in [3.8, 4) is 0 Å². The minimum Gasteiger partial charge on any atom is -0.465 e. The number of likely N-dealkylation sites (tertiary alicyclic amines) is 1. The van der Waals surface area contributed by atoms with Crippen molar-refractivity contribution in [3.05, 3.63) is 35.4 Å². The van der Waals surface area contributed by atoms with Crippen molar-refractivity contribution in [1.82, 2.24) is 4.90 Å². The van der Waals surface area contributed by atoms with Crippen LogP contribution in [0, 0.1) is 0 Å². The van der Waals surface area contributed by atoms with E-state index in [9.17, 15) is 4.79 Å². The first-order valence-corrected chi connectivity index (χ1v) is 6.54. The number of carbonyl (C=O) groups excluding carboxylic acids is 1. The predicted molar refractivity (Wildman–Crippen MR) is 71.8 cm³/mol. The van der Waals surface area contributed by atoms with Crippen LogP contribution >= 0.6 is 0 Å². The lowest BCUT2D eigenvalue weighted by Crippen LogP contribution is -2.27. The van der Waals surface area contributed by atoms with Crippen molar-refractivity contribution < 1.29 is 9.53 Å². The van der Waals surface area contributed by atoms with Gasteiger partial charge in [0.05, 0.1) is 12.7 Å². The van der Waals surface area contributed by atoms with Gasteiger partial charge >= 0.3 is 5.97 Å². The molecule has 1 aliphatic heterocycles. The summed E-state index contributed by atoms with van der Waals surface area (Å²) in [6.07, 6.45) is 1.20. The third-order valence-electron chi connectivity index (χ3n) is 3.75. The van der Waals surface area contributed by atoms with Gasteiger partial charge in [0, 0.05) is 12.6 Å². The average molecular weight is 247 g/mol. The quantitative estimate of drug-likeness (QED) is 0.769. The molecule has 1 aliphatic rings. The Morgan fingerprint density at radius 1 is 1.33 bits per heavy atom. The van der Waals surface area contributed by atoms with Gasteiger partial charge in [-0.25, -0.2) is 4.79 Å². The molecule has 3 nitrogen and oxygen atoms in total. The lowest BCUT2D eigenvalue weighted by atomic mass is 9.97. The van der Waals surface area contributed by atoms with E-state index in [1.165, 1.54) is 25.6 Å². The van der Waals surface area contributed by atoms with Crippen LogP contribution < -0.4 is 0 Å². The van der Waals surface area contributed by atoms with Crippen molar-refractivity contribution in [2.24, 2.45) is 0 Å². The molecule has 0 saturated carbocycles. The molecule has 3 heteroatoms. The van der Waals surface area contributed by atoms with Crippen molar-refractivity contribution in [3.63, 3.8) is 0 Å². The highest BCUT2D eigenvalue weighted by Gasteiger charge is 2.25. The molecule has 0 aromatic heterocycles. The summed E-state index contributed by atoms with van der Waals surface area (Å²) in [6, 6.07) is 8.45. The molecule has 0 N–H and O–H groups in total. The normalized spacial score (nSPS) is 20.3. The number of hydrogen-bond acceptors (Lipinski definition) is 3. The lowest BCUT2D eigenvalue weighted by Gasteiger charge is -2.20. The smallest absolute Gasteiger partial charge is 0.337 e. The number of rotatable bonds is 3. The van der Waals surface area contributed by atoms with E-state index < -0.39 is 0 Å². The van der Waals surface area contributed by atoms with Crippen LogP contribution in [-0.4, -0.2) is 37.1 Å². The fraction of sp³-hybridized carbons (Fsp3) is 0.533. The molecule has 1 heterocycles. The van der Waals surface area contributed by atoms with Crippen LogP contribution in [0.1, 0.15) is 42.1 Å². The molecule has 0 radical (unpaired) electrons. The number of methoxy groups -OCH3 is 1. The van der Waals surface area contributed by atoms with Crippen LogP contribution in [0.5, 0.6) is 0 Å². The van der Waals surface area contributed by atoms with Gasteiger partial charge in [-0.2, -0.15) is 0 Å². The third kappa shape index (κ3) is 2.72. The molecule has 0 bridgehead atoms. The van der Waals surface area contributed by atoms with Crippen LogP contribution in [-0.2, 0) is 4.74 Å². The van der Waals surface area contributed by atoms with Crippen molar-refractivity contribution in [1.29, 1.82) is 0 Å². The maximum atomic E-state index is 11.4. The van der Waals surface area contributed by atoms with Gasteiger partial charge in [0.25, 0.3) is 0 Å². The Labute approximate surface area is 109 Å². The highest BCUT2D eigenvalue weighted by molar-refractivity contribution is 5.89. The van der Waals surface area contributed by atoms with Gasteiger partial charge in [0.2, 0.25) is 0 Å². The monoisotopic (exact) mass is 247 g/mol. The van der Waals surface area contributed by atoms with E-state index in [-0.39, 0.29) is 5.97 Å². The fourth-order valence-corrected chi connectivity index (χ4v) is 2.54. The Kier molecular flexibility index (Phi) is 4.02. The first-order valence-electron chi connectivity index (χ1n) is 6.54. The Hall–Kier alpha value is -1.35. The van der Waals surface area contributed by atoms with Gasteiger partial charge in [-0.05, 0) is 50.4 Å². The van der Waals surface area contributed by atoms with E-state index in [0.29, 0.717) is 17.5 Å². The van der Waals surface area contributed by atoms with E-state index in [0.717, 1.165) is 6.54 Å². The molecule has 0 spiro atoms. The van der Waals surface area contributed by atoms with E-state index in [4.69, 9.17) is 4.74 Å². The van der Waals surface area contributed by atoms with Gasteiger partial charge in [-0.15, -0.1) is 0 Å². The van der Waals surface area contributed by atoms with Crippen molar-refractivity contribution >= 4 is 5.97 Å². The first-order chi connectivity index (χ1) is 8.61. The molecule has 0 aliphatic carbocycles. The molecule has 2 rings (SSSR count). The second kappa shape index (κ2) is 5.53. The molecule has 1 atom stereocenters. The summed E-state index contributed by atoms with van der Waals surface area (Å²) in [5.74, 6) is 0.330. The fourth-order valence-electron chi connectivity index (χ4n) is 2.54. The number of benzene rings is 1. The summed E-state index contributed by atoms with van der Waals surface area (Å²) < 4.78 is 4.70. The van der Waals surface area contributed by atoms with Gasteiger partial charge in [-0.1, -0.05) is 12.1 Å². The van der Waals surface area contributed by atoms with Gasteiger partial charge in [0.1, 0.15) is 0 Å². The van der Waals surface area contributed by atoms with E-state index in [2.05, 4.69) is 30.9 Å². The number of carbonyl (C=O) groups is 1. The Morgan fingerprint density at radius 2 is 2.00 bits per heavy atom. The molecular weight excluding hydrogens is 226 g/mol. The van der Waals surface area contributed by atoms with E-state index in [1.54, 1.807) is 0 Å². The SMILES string of the molecule is COC(=O)c1ccc(C2CCN(C(C)C)C2)cc1. The lowest BCUT2D eigenvalue weighted by molar-refractivity contribution is 0.0600. The van der Waals surface area contributed by atoms with Crippen LogP contribution in [0.15, 0.2) is 24.3 Å². The molecule has 1 unspecified atom stereocenters. The minimum absolute atomic E-state index is 0.267. The maximum absolute atomic E-state index is 11.4. The summed E-state index contributed by atoms with van der Waals surface area (Å²) in [5, 5.41) is 0. The largest absolute Gasteiger partial charge is 0.465 e. The summed E-state index contributed by atoms with van der Waals surface area (Å²) >= 11 is 0. The summed E-state index contributed by atoms with van der Waals surface area (Å²) in [7, 11) is 1.41. The highest BCUT2D eigenvalue weighted by atomic mass is 16.5. The number of esters is 1. The van der Waals surface area contributed by atoms with Crippen LogP contribution in [0.25, 0.3) is 0 Å². The molecule has 1 saturated heterocycles. The summed E-state index contributed by atoms with van der Waals surface area (Å²) in [5.41, 5.74) is 1.95. The average Bonchev–Trinajstić information content (AvgIpc) is 2.88. The molecule has 98 valence electrons. The number of nitrogens with zero attached hydrogens (tertiary/aromatic N) is 1. The molecule has 1 aromatic carbocycles. The Bertz CT molecular complexity index is 411. The first kappa shape index (κ1) is 13.1. The summed E-state index contributed by atoms with van der Waals surface area (Å²) in [6.45, 7) is 6.77. The second-order valence-electron chi connectivity index (χ2n) is 5.19. The van der Waals surface area contributed by atoms with E-state index >= 15 is 0 Å². The maximum Gasteiger partial charge on any atom is 0.337 e. The number of hydrogen-bond donors (Lipinski definition) is 0. The zero-order valence-corrected chi connectivity index (χ0v) is 11.3. The zero-order chi connectivity index (χ0) is 13.1. The van der Waals surface area contributed by atoms with Gasteiger partial charge in [-0.3, -0.25) is 0 Å². The molecule has 18 heavy (non-hydrogen) atoms. The topological polar surface area (TPSA) is 29.5 Å². The number of ether oxygens (including phenoxy) is 1. The van der Waals surface area contributed by atoms with Crippen LogP contribution in [0.4, 0.5) is 0 Å². The van der Waals surface area contributed by atoms with Gasteiger partial charge < -0.3 is 9.64 Å². The molecule has 1 aromatic rings. The minimum atomic E-state index is -0.267. The highest BCUT2D eigenvalue weighted by Crippen LogP contribution is 2.28. The standard InChI is InChI=1S/C15H21NO2/c1-11(2)16-9-8-14(10-16)12-4-6-13(7-5-12)15(17)18-3/h4-7,11,14H,8-10H2,1-3H3. The predicted octanol–water partition coefficient (Wildman–Crippen LogP) is 2.67. The van der Waals surface area contributed by atoms with Crippen LogP contribution in [0.3, 0.4) is 0 Å². The van der Waals surface area contributed by atoms with Crippen molar-refractivity contribution in [2.45, 2.75) is 32.2 Å². The molecule has 1 fully saturated rings. The van der Waals surface area contributed by atoms with Crippen LogP contribution in [0.2, 0.25) is 0 Å². The third-order valence-corrected chi connectivity index (χ3v) is 3.75. The van der Waals surface area contributed by atoms with Crippen molar-refractivity contribution in [2.75, 3.05) is 20.2 Å². The Morgan fingerprint density at radius 3 is 2.50 bits per heavy atom. The van der Waals surface area contributed by atoms with Gasteiger partial charge in [0.15, 0.2) is 0 Å². The Balaban J connectivity index is 2.05. The molecular formula is C15H21NO2. The van der Waals surface area contributed by atoms with E-state index in [1.807, 2.05) is 12.1 Å². The second-order valence-corrected chi connectivity index (χ2v) is 5.19.